The Morgan fingerprint density at radius 3 is 2.06 bits per heavy atom. The number of hydrogen-bond acceptors (Lipinski definition) is 3. The van der Waals surface area contributed by atoms with Gasteiger partial charge in [0.2, 0.25) is 5.91 Å². The van der Waals surface area contributed by atoms with Crippen LogP contribution in [0.3, 0.4) is 0 Å². The molecule has 0 unspecified atom stereocenters. The summed E-state index contributed by atoms with van der Waals surface area (Å²) in [7, 11) is 0. The standard InChI is InChI=1S/C27H32ClN3O3/c1-17(2)21-8-7-9-22(18(3)4)24(21)29-23(32)16-30-25(33)27(14-5-6-15-27)31(26(30)34)20-12-10-19(28)11-13-20/h7-13,17-18H,5-6,14-16H2,1-4H3,(H,29,32). The van der Waals surface area contributed by atoms with Crippen molar-refractivity contribution < 1.29 is 14.4 Å². The Morgan fingerprint density at radius 1 is 0.971 bits per heavy atom. The van der Waals surface area contributed by atoms with E-state index < -0.39 is 11.6 Å². The molecule has 1 saturated heterocycles. The lowest BCUT2D eigenvalue weighted by Gasteiger charge is -2.31. The molecule has 1 spiro atoms. The summed E-state index contributed by atoms with van der Waals surface area (Å²) in [6, 6.07) is 12.5. The molecule has 1 heterocycles. The third-order valence-corrected chi connectivity index (χ3v) is 7.20. The molecule has 1 saturated carbocycles. The van der Waals surface area contributed by atoms with Crippen molar-refractivity contribution in [2.24, 2.45) is 0 Å². The second kappa shape index (κ2) is 9.41. The van der Waals surface area contributed by atoms with Crippen molar-refractivity contribution in [3.05, 3.63) is 58.6 Å². The van der Waals surface area contributed by atoms with Gasteiger partial charge in [0.1, 0.15) is 12.1 Å². The normalized spacial score (nSPS) is 17.5. The van der Waals surface area contributed by atoms with Crippen molar-refractivity contribution in [1.29, 1.82) is 0 Å². The molecule has 2 aromatic carbocycles. The van der Waals surface area contributed by atoms with Crippen LogP contribution >= 0.6 is 11.6 Å². The van der Waals surface area contributed by atoms with Crippen LogP contribution in [0.25, 0.3) is 0 Å². The molecule has 34 heavy (non-hydrogen) atoms. The number of nitrogens with zero attached hydrogens (tertiary/aromatic N) is 2. The summed E-state index contributed by atoms with van der Waals surface area (Å²) in [5.41, 5.74) is 2.55. The molecule has 0 bridgehead atoms. The SMILES string of the molecule is CC(C)c1cccc(C(C)C)c1NC(=O)CN1C(=O)N(c2ccc(Cl)cc2)C2(CCCC2)C1=O. The van der Waals surface area contributed by atoms with Gasteiger partial charge in [0.25, 0.3) is 5.91 Å². The van der Waals surface area contributed by atoms with Crippen LogP contribution < -0.4 is 10.2 Å². The van der Waals surface area contributed by atoms with E-state index in [1.54, 1.807) is 29.2 Å². The van der Waals surface area contributed by atoms with Crippen LogP contribution in [-0.4, -0.2) is 34.8 Å². The molecule has 0 atom stereocenters. The van der Waals surface area contributed by atoms with E-state index in [0.717, 1.165) is 34.6 Å². The number of amides is 4. The maximum Gasteiger partial charge on any atom is 0.332 e. The number of urea groups is 1. The Morgan fingerprint density at radius 2 is 1.53 bits per heavy atom. The maximum atomic E-state index is 13.6. The molecule has 4 rings (SSSR count). The van der Waals surface area contributed by atoms with Crippen LogP contribution in [-0.2, 0) is 9.59 Å². The molecule has 0 aromatic heterocycles. The summed E-state index contributed by atoms with van der Waals surface area (Å²) < 4.78 is 0. The van der Waals surface area contributed by atoms with E-state index >= 15 is 0 Å². The Labute approximate surface area is 206 Å². The number of nitrogens with one attached hydrogen (secondary N) is 1. The number of halogens is 1. The monoisotopic (exact) mass is 481 g/mol. The third-order valence-electron chi connectivity index (χ3n) is 6.95. The van der Waals surface area contributed by atoms with Crippen molar-refractivity contribution in [2.45, 2.75) is 70.8 Å². The van der Waals surface area contributed by atoms with Gasteiger partial charge >= 0.3 is 6.03 Å². The summed E-state index contributed by atoms with van der Waals surface area (Å²) in [5.74, 6) is -0.235. The van der Waals surface area contributed by atoms with Crippen molar-refractivity contribution in [2.75, 3.05) is 16.8 Å². The smallest absolute Gasteiger partial charge is 0.324 e. The first kappa shape index (κ1) is 24.3. The first-order valence-corrected chi connectivity index (χ1v) is 12.4. The predicted molar refractivity (Wildman–Crippen MR) is 135 cm³/mol. The molecule has 180 valence electrons. The highest BCUT2D eigenvalue weighted by atomic mass is 35.5. The summed E-state index contributed by atoms with van der Waals surface area (Å²) in [4.78, 5) is 43.0. The lowest BCUT2D eigenvalue weighted by atomic mass is 9.92. The lowest BCUT2D eigenvalue weighted by Crippen LogP contribution is -2.47. The average molecular weight is 482 g/mol. The van der Waals surface area contributed by atoms with Gasteiger partial charge in [-0.05, 0) is 60.1 Å². The van der Waals surface area contributed by atoms with E-state index in [1.165, 1.54) is 0 Å². The topological polar surface area (TPSA) is 69.7 Å². The summed E-state index contributed by atoms with van der Waals surface area (Å²) in [5, 5.41) is 3.59. The number of imide groups is 1. The highest BCUT2D eigenvalue weighted by Crippen LogP contribution is 2.44. The fourth-order valence-corrected chi connectivity index (χ4v) is 5.37. The van der Waals surface area contributed by atoms with Gasteiger partial charge in [-0.2, -0.15) is 0 Å². The van der Waals surface area contributed by atoms with Crippen molar-refractivity contribution in [3.8, 4) is 0 Å². The minimum Gasteiger partial charge on any atom is -0.324 e. The van der Waals surface area contributed by atoms with Gasteiger partial charge < -0.3 is 5.32 Å². The molecule has 1 N–H and O–H groups in total. The summed E-state index contributed by atoms with van der Waals surface area (Å²) >= 11 is 6.05. The van der Waals surface area contributed by atoms with Gasteiger partial charge in [0.15, 0.2) is 0 Å². The molecular weight excluding hydrogens is 450 g/mol. The van der Waals surface area contributed by atoms with Gasteiger partial charge in [-0.1, -0.05) is 70.3 Å². The summed E-state index contributed by atoms with van der Waals surface area (Å²) in [6.45, 7) is 8.01. The highest BCUT2D eigenvalue weighted by molar-refractivity contribution is 6.30. The van der Waals surface area contributed by atoms with E-state index in [2.05, 4.69) is 33.0 Å². The van der Waals surface area contributed by atoms with E-state index in [-0.39, 0.29) is 30.2 Å². The molecule has 7 heteroatoms. The van der Waals surface area contributed by atoms with Crippen LogP contribution in [0, 0.1) is 0 Å². The van der Waals surface area contributed by atoms with Gasteiger partial charge in [0.05, 0.1) is 0 Å². The van der Waals surface area contributed by atoms with Gasteiger partial charge in [-0.15, -0.1) is 0 Å². The number of hydrogen-bond donors (Lipinski definition) is 1. The zero-order valence-corrected chi connectivity index (χ0v) is 21.0. The number of rotatable bonds is 6. The maximum absolute atomic E-state index is 13.6. The van der Waals surface area contributed by atoms with Gasteiger partial charge in [0, 0.05) is 16.4 Å². The largest absolute Gasteiger partial charge is 0.332 e. The Kier molecular flexibility index (Phi) is 6.72. The predicted octanol–water partition coefficient (Wildman–Crippen LogP) is 6.31. The van der Waals surface area contributed by atoms with Crippen LogP contribution in [0.1, 0.15) is 76.3 Å². The quantitative estimate of drug-likeness (QED) is 0.491. The summed E-state index contributed by atoms with van der Waals surface area (Å²) in [6.07, 6.45) is 2.91. The third kappa shape index (κ3) is 4.20. The first-order chi connectivity index (χ1) is 16.2. The number of para-hydroxylation sites is 1. The van der Waals surface area contributed by atoms with Crippen LogP contribution in [0.2, 0.25) is 5.02 Å². The van der Waals surface area contributed by atoms with Crippen LogP contribution in [0.5, 0.6) is 0 Å². The highest BCUT2D eigenvalue weighted by Gasteiger charge is 2.59. The molecule has 0 radical (unpaired) electrons. The molecule has 1 aliphatic heterocycles. The van der Waals surface area contributed by atoms with Gasteiger partial charge in [-0.3, -0.25) is 19.4 Å². The molecule has 6 nitrogen and oxygen atoms in total. The first-order valence-electron chi connectivity index (χ1n) is 12.0. The molecule has 4 amide bonds. The second-order valence-electron chi connectivity index (χ2n) is 9.89. The van der Waals surface area contributed by atoms with Crippen LogP contribution in [0.15, 0.2) is 42.5 Å². The van der Waals surface area contributed by atoms with Crippen LogP contribution in [0.4, 0.5) is 16.2 Å². The molecule has 2 aliphatic rings. The number of benzene rings is 2. The molecule has 1 aliphatic carbocycles. The zero-order chi connectivity index (χ0) is 24.6. The Bertz CT molecular complexity index is 1080. The minimum absolute atomic E-state index is 0.214. The Balaban J connectivity index is 1.62. The van der Waals surface area contributed by atoms with Crippen molar-refractivity contribution in [3.63, 3.8) is 0 Å². The van der Waals surface area contributed by atoms with Crippen molar-refractivity contribution in [1.82, 2.24) is 4.90 Å². The zero-order valence-electron chi connectivity index (χ0n) is 20.2. The molecule has 2 fully saturated rings. The van der Waals surface area contributed by atoms with Gasteiger partial charge in [-0.25, -0.2) is 4.79 Å². The van der Waals surface area contributed by atoms with E-state index in [0.29, 0.717) is 23.6 Å². The Hall–Kier alpha value is -2.86. The fraction of sp³-hybridized carbons (Fsp3) is 0.444. The number of carbonyl (C=O) groups excluding carboxylic acids is 3. The lowest BCUT2D eigenvalue weighted by molar-refractivity contribution is -0.133. The van der Waals surface area contributed by atoms with E-state index in [9.17, 15) is 14.4 Å². The second-order valence-corrected chi connectivity index (χ2v) is 10.3. The minimum atomic E-state index is -0.926. The van der Waals surface area contributed by atoms with E-state index in [1.807, 2.05) is 18.2 Å². The number of carbonyl (C=O) groups is 3. The van der Waals surface area contributed by atoms with Crippen molar-refractivity contribution >= 4 is 40.8 Å². The fourth-order valence-electron chi connectivity index (χ4n) is 5.24. The van der Waals surface area contributed by atoms with E-state index in [4.69, 9.17) is 11.6 Å². The molecular formula is C27H32ClN3O3. The average Bonchev–Trinajstić information content (AvgIpc) is 3.35. The number of anilines is 2. The molecule has 2 aromatic rings.